The summed E-state index contributed by atoms with van der Waals surface area (Å²) in [6, 6.07) is 9.28. The average Bonchev–Trinajstić information content (AvgIpc) is 3.03. The molecular formula is C18H25NO4. The van der Waals surface area contributed by atoms with Crippen molar-refractivity contribution in [2.75, 3.05) is 13.2 Å². The smallest absolute Gasteiger partial charge is 0.410 e. The first-order valence-electron chi connectivity index (χ1n) is 8.52. The molecule has 1 aromatic rings. The molecule has 5 nitrogen and oxygen atoms in total. The van der Waals surface area contributed by atoms with Crippen LogP contribution in [0.5, 0.6) is 5.75 Å². The zero-order valence-electron chi connectivity index (χ0n) is 13.6. The lowest BCUT2D eigenvalue weighted by Gasteiger charge is -2.38. The Labute approximate surface area is 137 Å². The molecule has 3 rings (SSSR count). The van der Waals surface area contributed by atoms with Crippen molar-refractivity contribution in [2.24, 2.45) is 5.92 Å². The van der Waals surface area contributed by atoms with Gasteiger partial charge < -0.3 is 19.5 Å². The highest BCUT2D eigenvalue weighted by molar-refractivity contribution is 5.70. The van der Waals surface area contributed by atoms with E-state index in [1.807, 2.05) is 18.2 Å². The van der Waals surface area contributed by atoms with Gasteiger partial charge in [0.2, 0.25) is 0 Å². The third kappa shape index (κ3) is 4.03. The van der Waals surface area contributed by atoms with Crippen molar-refractivity contribution >= 4 is 6.09 Å². The normalized spacial score (nSPS) is 22.0. The molecule has 1 amide bonds. The van der Waals surface area contributed by atoms with E-state index in [0.717, 1.165) is 32.1 Å². The van der Waals surface area contributed by atoms with Crippen molar-refractivity contribution in [1.82, 2.24) is 5.32 Å². The minimum absolute atomic E-state index is 0.130. The highest BCUT2D eigenvalue weighted by Crippen LogP contribution is 2.39. The molecule has 1 aromatic carbocycles. The summed E-state index contributed by atoms with van der Waals surface area (Å²) in [6.45, 7) is 3.49. The second-order valence-corrected chi connectivity index (χ2v) is 6.31. The molecule has 1 saturated carbocycles. The van der Waals surface area contributed by atoms with Gasteiger partial charge in [-0.25, -0.2) is 4.79 Å². The van der Waals surface area contributed by atoms with E-state index >= 15 is 0 Å². The lowest BCUT2D eigenvalue weighted by molar-refractivity contribution is -0.183. The van der Waals surface area contributed by atoms with Gasteiger partial charge in [-0.1, -0.05) is 25.1 Å². The summed E-state index contributed by atoms with van der Waals surface area (Å²) in [4.78, 5) is 12.1. The fraction of sp³-hybridized carbons (Fsp3) is 0.611. The molecule has 1 heterocycles. The van der Waals surface area contributed by atoms with Crippen molar-refractivity contribution in [3.8, 4) is 5.75 Å². The predicted octanol–water partition coefficient (Wildman–Crippen LogP) is 3.49. The van der Waals surface area contributed by atoms with Crippen LogP contribution in [0, 0.1) is 5.92 Å². The lowest BCUT2D eigenvalue weighted by atomic mass is 9.80. The Kier molecular flexibility index (Phi) is 5.18. The van der Waals surface area contributed by atoms with E-state index in [4.69, 9.17) is 14.2 Å². The highest BCUT2D eigenvalue weighted by atomic mass is 16.7. The first-order valence-corrected chi connectivity index (χ1v) is 8.52. The molecule has 23 heavy (non-hydrogen) atoms. The molecule has 0 radical (unpaired) electrons. The Morgan fingerprint density at radius 2 is 1.91 bits per heavy atom. The number of ether oxygens (including phenoxy) is 3. The number of hydrogen-bond acceptors (Lipinski definition) is 4. The van der Waals surface area contributed by atoms with Gasteiger partial charge in [-0.15, -0.1) is 0 Å². The maximum Gasteiger partial charge on any atom is 0.412 e. The first kappa shape index (κ1) is 16.3. The van der Waals surface area contributed by atoms with Crippen LogP contribution in [0.3, 0.4) is 0 Å². The van der Waals surface area contributed by atoms with Crippen LogP contribution in [-0.2, 0) is 9.47 Å². The fourth-order valence-corrected chi connectivity index (χ4v) is 3.60. The lowest BCUT2D eigenvalue weighted by Crippen LogP contribution is -2.45. The van der Waals surface area contributed by atoms with Gasteiger partial charge in [0.05, 0.1) is 13.2 Å². The minimum Gasteiger partial charge on any atom is -0.410 e. The number of rotatable bonds is 4. The predicted molar refractivity (Wildman–Crippen MR) is 86.3 cm³/mol. The van der Waals surface area contributed by atoms with Crippen LogP contribution in [-0.4, -0.2) is 31.1 Å². The van der Waals surface area contributed by atoms with E-state index in [2.05, 4.69) is 12.2 Å². The largest absolute Gasteiger partial charge is 0.412 e. The Morgan fingerprint density at radius 1 is 1.26 bits per heavy atom. The number of carbonyl (C=O) groups excluding carboxylic acids is 1. The molecule has 126 valence electrons. The van der Waals surface area contributed by atoms with Crippen LogP contribution in [0.15, 0.2) is 30.3 Å². The van der Waals surface area contributed by atoms with Crippen molar-refractivity contribution in [3.05, 3.63) is 30.3 Å². The standard InChI is InChI=1S/C18H25NO4/c1-2-16(19-17(20)23-15-6-4-3-5-7-15)14-8-10-18(11-9-14)21-12-13-22-18/h3-7,14,16H,2,8-13H2,1H3,(H,19,20). The zero-order chi connectivity index (χ0) is 16.1. The maximum absolute atomic E-state index is 12.1. The van der Waals surface area contributed by atoms with Crippen molar-refractivity contribution < 1.29 is 19.0 Å². The Hall–Kier alpha value is -1.59. The molecule has 2 fully saturated rings. The van der Waals surface area contributed by atoms with Crippen LogP contribution >= 0.6 is 0 Å². The van der Waals surface area contributed by atoms with Gasteiger partial charge >= 0.3 is 6.09 Å². The van der Waals surface area contributed by atoms with Gasteiger partial charge in [0, 0.05) is 18.9 Å². The van der Waals surface area contributed by atoms with E-state index in [-0.39, 0.29) is 17.9 Å². The molecule has 1 spiro atoms. The van der Waals surface area contributed by atoms with Crippen molar-refractivity contribution in [3.63, 3.8) is 0 Å². The molecule has 1 aliphatic carbocycles. The average molecular weight is 319 g/mol. The third-order valence-corrected chi connectivity index (χ3v) is 4.87. The van der Waals surface area contributed by atoms with Gasteiger partial charge in [-0.3, -0.25) is 0 Å². The number of nitrogens with one attached hydrogen (secondary N) is 1. The minimum atomic E-state index is -0.378. The van der Waals surface area contributed by atoms with Crippen molar-refractivity contribution in [2.45, 2.75) is 50.9 Å². The van der Waals surface area contributed by atoms with Gasteiger partial charge in [0.1, 0.15) is 5.75 Å². The summed E-state index contributed by atoms with van der Waals surface area (Å²) in [7, 11) is 0. The summed E-state index contributed by atoms with van der Waals surface area (Å²) in [5.41, 5.74) is 0. The Morgan fingerprint density at radius 3 is 2.52 bits per heavy atom. The van der Waals surface area contributed by atoms with Gasteiger partial charge in [-0.2, -0.15) is 0 Å². The van der Waals surface area contributed by atoms with Crippen LogP contribution in [0.1, 0.15) is 39.0 Å². The topological polar surface area (TPSA) is 56.8 Å². The first-order chi connectivity index (χ1) is 11.2. The molecule has 1 unspecified atom stereocenters. The van der Waals surface area contributed by atoms with E-state index < -0.39 is 0 Å². The quantitative estimate of drug-likeness (QED) is 0.923. The molecule has 0 bridgehead atoms. The molecule has 0 aromatic heterocycles. The van der Waals surface area contributed by atoms with E-state index in [1.54, 1.807) is 12.1 Å². The van der Waals surface area contributed by atoms with Crippen LogP contribution in [0.25, 0.3) is 0 Å². The number of benzene rings is 1. The molecule has 1 atom stereocenters. The number of carbonyl (C=O) groups is 1. The zero-order valence-corrected chi connectivity index (χ0v) is 13.6. The number of hydrogen-bond donors (Lipinski definition) is 1. The molecule has 5 heteroatoms. The number of amides is 1. The fourth-order valence-electron chi connectivity index (χ4n) is 3.60. The summed E-state index contributed by atoms with van der Waals surface area (Å²) in [5, 5.41) is 3.02. The monoisotopic (exact) mass is 319 g/mol. The molecular weight excluding hydrogens is 294 g/mol. The van der Waals surface area contributed by atoms with Gasteiger partial charge in [0.25, 0.3) is 0 Å². The molecule has 2 aliphatic rings. The van der Waals surface area contributed by atoms with E-state index in [9.17, 15) is 4.79 Å². The Bertz CT molecular complexity index is 503. The summed E-state index contributed by atoms with van der Waals surface area (Å²) in [6.07, 6.45) is 4.33. The summed E-state index contributed by atoms with van der Waals surface area (Å²) < 4.78 is 16.9. The van der Waals surface area contributed by atoms with Crippen LogP contribution in [0.4, 0.5) is 4.79 Å². The summed E-state index contributed by atoms with van der Waals surface area (Å²) in [5.74, 6) is 0.663. The second-order valence-electron chi connectivity index (χ2n) is 6.31. The van der Waals surface area contributed by atoms with Crippen LogP contribution < -0.4 is 10.1 Å². The Balaban J connectivity index is 1.50. The SMILES string of the molecule is CCC(NC(=O)Oc1ccccc1)C1CCC2(CC1)OCCO2. The molecule has 1 saturated heterocycles. The number of para-hydroxylation sites is 1. The summed E-state index contributed by atoms with van der Waals surface area (Å²) >= 11 is 0. The van der Waals surface area contributed by atoms with Gasteiger partial charge in [-0.05, 0) is 37.3 Å². The van der Waals surface area contributed by atoms with Crippen LogP contribution in [0.2, 0.25) is 0 Å². The molecule has 1 N–H and O–H groups in total. The maximum atomic E-state index is 12.1. The third-order valence-electron chi connectivity index (χ3n) is 4.87. The van der Waals surface area contributed by atoms with Gasteiger partial charge in [0.15, 0.2) is 5.79 Å². The molecule has 1 aliphatic heterocycles. The second kappa shape index (κ2) is 7.32. The highest BCUT2D eigenvalue weighted by Gasteiger charge is 2.41. The van der Waals surface area contributed by atoms with E-state index in [0.29, 0.717) is 24.9 Å². The van der Waals surface area contributed by atoms with E-state index in [1.165, 1.54) is 0 Å². The van der Waals surface area contributed by atoms with Crippen molar-refractivity contribution in [1.29, 1.82) is 0 Å².